The first kappa shape index (κ1) is 24.7. The van der Waals surface area contributed by atoms with Gasteiger partial charge in [0, 0.05) is 31.0 Å². The Kier molecular flexibility index (Phi) is 7.01. The summed E-state index contributed by atoms with van der Waals surface area (Å²) >= 11 is 0. The molecule has 0 fully saturated rings. The molecule has 188 valence electrons. The van der Waals surface area contributed by atoms with E-state index in [-0.39, 0.29) is 0 Å². The summed E-state index contributed by atoms with van der Waals surface area (Å²) in [5.74, 6) is 0.603. The van der Waals surface area contributed by atoms with Crippen LogP contribution in [0.2, 0.25) is 0 Å². The number of nitrogens with zero attached hydrogens (tertiary/aromatic N) is 5. The Bertz CT molecular complexity index is 1530. The molecule has 0 unspecified atom stereocenters. The number of fused-ring (bicyclic) bond motifs is 1. The number of hydrogen-bond donors (Lipinski definition) is 1. The third-order valence-electron chi connectivity index (χ3n) is 6.47. The third kappa shape index (κ3) is 5.54. The van der Waals surface area contributed by atoms with Crippen LogP contribution in [-0.4, -0.2) is 38.3 Å². The van der Waals surface area contributed by atoms with E-state index in [1.165, 1.54) is 27.8 Å². The fourth-order valence-corrected chi connectivity index (χ4v) is 4.72. The van der Waals surface area contributed by atoms with E-state index >= 15 is 0 Å². The molecule has 6 heteroatoms. The van der Waals surface area contributed by atoms with Gasteiger partial charge in [-0.15, -0.1) is 0 Å². The molecule has 0 spiro atoms. The average Bonchev–Trinajstić information content (AvgIpc) is 3.26. The maximum Gasteiger partial charge on any atom is 0.223 e. The number of rotatable bonds is 8. The van der Waals surface area contributed by atoms with Crippen molar-refractivity contribution in [1.29, 1.82) is 0 Å². The first-order valence-electron chi connectivity index (χ1n) is 12.8. The van der Waals surface area contributed by atoms with Gasteiger partial charge in [0.15, 0.2) is 0 Å². The van der Waals surface area contributed by atoms with Crippen molar-refractivity contribution < 1.29 is 0 Å². The van der Waals surface area contributed by atoms with E-state index in [1.807, 2.05) is 12.3 Å². The fourth-order valence-electron chi connectivity index (χ4n) is 4.72. The number of nitrogens with one attached hydrogen (secondary N) is 1. The fraction of sp³-hybridized carbons (Fsp3) is 0.258. The number of pyridine rings is 1. The van der Waals surface area contributed by atoms with Crippen LogP contribution >= 0.6 is 0 Å². The van der Waals surface area contributed by atoms with Crippen molar-refractivity contribution in [3.8, 4) is 22.6 Å². The smallest absolute Gasteiger partial charge is 0.223 e. The van der Waals surface area contributed by atoms with E-state index in [0.717, 1.165) is 41.3 Å². The summed E-state index contributed by atoms with van der Waals surface area (Å²) < 4.78 is 2.13. The van der Waals surface area contributed by atoms with E-state index in [2.05, 4.69) is 115 Å². The van der Waals surface area contributed by atoms with Crippen LogP contribution < -0.4 is 5.32 Å². The Hall–Kier alpha value is -4.03. The van der Waals surface area contributed by atoms with Crippen LogP contribution in [0.15, 0.2) is 73.1 Å². The maximum atomic E-state index is 5.07. The molecule has 0 aliphatic carbocycles. The molecule has 6 nitrogen and oxygen atoms in total. The zero-order chi connectivity index (χ0) is 25.9. The van der Waals surface area contributed by atoms with E-state index in [9.17, 15) is 0 Å². The molecule has 0 saturated heterocycles. The van der Waals surface area contributed by atoms with Gasteiger partial charge >= 0.3 is 0 Å². The minimum atomic E-state index is 0.603. The van der Waals surface area contributed by atoms with Gasteiger partial charge in [0.05, 0.1) is 17.1 Å². The van der Waals surface area contributed by atoms with Gasteiger partial charge in [-0.05, 0) is 69.3 Å². The second kappa shape index (κ2) is 10.5. The number of imidazole rings is 1. The summed E-state index contributed by atoms with van der Waals surface area (Å²) in [6.45, 7) is 7.95. The van der Waals surface area contributed by atoms with Gasteiger partial charge in [-0.3, -0.25) is 4.40 Å². The molecule has 0 aliphatic rings. The highest BCUT2D eigenvalue weighted by molar-refractivity contribution is 5.81. The topological polar surface area (TPSA) is 58.4 Å². The molecule has 0 aliphatic heterocycles. The summed E-state index contributed by atoms with van der Waals surface area (Å²) in [6, 6.07) is 21.5. The van der Waals surface area contributed by atoms with E-state index < -0.39 is 0 Å². The van der Waals surface area contributed by atoms with Gasteiger partial charge < -0.3 is 10.2 Å². The summed E-state index contributed by atoms with van der Waals surface area (Å²) in [5, 5.41) is 3.43. The lowest BCUT2D eigenvalue weighted by atomic mass is 10.0. The number of anilines is 1. The van der Waals surface area contributed by atoms with Crippen LogP contribution in [0.1, 0.15) is 34.7 Å². The highest BCUT2D eigenvalue weighted by Crippen LogP contribution is 2.32. The van der Waals surface area contributed by atoms with Crippen LogP contribution in [0.5, 0.6) is 0 Å². The molecule has 2 aromatic carbocycles. The van der Waals surface area contributed by atoms with Crippen molar-refractivity contribution in [1.82, 2.24) is 24.3 Å². The lowest BCUT2D eigenvalue weighted by Gasteiger charge is -2.11. The largest absolute Gasteiger partial charge is 0.350 e. The molecule has 0 radical (unpaired) electrons. The Balaban J connectivity index is 1.54. The zero-order valence-electron chi connectivity index (χ0n) is 22.3. The third-order valence-corrected chi connectivity index (χ3v) is 6.47. The van der Waals surface area contributed by atoms with Crippen molar-refractivity contribution in [2.75, 3.05) is 19.4 Å². The molecular formula is C31H34N6. The van der Waals surface area contributed by atoms with Gasteiger partial charge in [0.25, 0.3) is 0 Å². The Labute approximate surface area is 219 Å². The molecular weight excluding hydrogens is 456 g/mol. The van der Waals surface area contributed by atoms with Gasteiger partial charge in [0.1, 0.15) is 5.65 Å². The Morgan fingerprint density at radius 2 is 1.62 bits per heavy atom. The molecule has 1 N–H and O–H groups in total. The van der Waals surface area contributed by atoms with Crippen LogP contribution in [0.25, 0.3) is 28.3 Å². The molecule has 0 amide bonds. The summed E-state index contributed by atoms with van der Waals surface area (Å²) in [7, 11) is 4.16. The summed E-state index contributed by atoms with van der Waals surface area (Å²) in [5.41, 5.74) is 11.0. The van der Waals surface area contributed by atoms with Crippen LogP contribution in [-0.2, 0) is 19.5 Å². The Morgan fingerprint density at radius 3 is 2.38 bits per heavy atom. The predicted molar refractivity (Wildman–Crippen MR) is 152 cm³/mol. The quantitative estimate of drug-likeness (QED) is 0.276. The van der Waals surface area contributed by atoms with Gasteiger partial charge in [-0.1, -0.05) is 60.5 Å². The molecule has 0 atom stereocenters. The van der Waals surface area contributed by atoms with Crippen molar-refractivity contribution in [2.24, 2.45) is 0 Å². The van der Waals surface area contributed by atoms with Crippen molar-refractivity contribution >= 4 is 11.6 Å². The maximum absolute atomic E-state index is 5.07. The molecule has 3 heterocycles. The lowest BCUT2D eigenvalue weighted by Crippen LogP contribution is -2.10. The summed E-state index contributed by atoms with van der Waals surface area (Å²) in [6.07, 6.45) is 4.94. The first-order chi connectivity index (χ1) is 17.9. The highest BCUT2D eigenvalue weighted by Gasteiger charge is 2.18. The number of aryl methyl sites for hydroxylation is 3. The average molecular weight is 491 g/mol. The molecule has 5 aromatic rings. The number of benzene rings is 2. The van der Waals surface area contributed by atoms with Crippen LogP contribution in [0.4, 0.5) is 5.95 Å². The number of hydrogen-bond acceptors (Lipinski definition) is 5. The molecule has 0 bridgehead atoms. The van der Waals surface area contributed by atoms with Crippen molar-refractivity contribution in [2.45, 2.75) is 40.3 Å². The molecule has 0 saturated carbocycles. The Morgan fingerprint density at radius 1 is 0.838 bits per heavy atom. The van der Waals surface area contributed by atoms with Gasteiger partial charge in [0.2, 0.25) is 5.95 Å². The summed E-state index contributed by atoms with van der Waals surface area (Å²) in [4.78, 5) is 16.7. The van der Waals surface area contributed by atoms with Crippen molar-refractivity contribution in [3.63, 3.8) is 0 Å². The van der Waals surface area contributed by atoms with Gasteiger partial charge in [-0.25, -0.2) is 15.0 Å². The minimum absolute atomic E-state index is 0.603. The predicted octanol–water partition coefficient (Wildman–Crippen LogP) is 6.31. The molecule has 3 aromatic heterocycles. The van der Waals surface area contributed by atoms with E-state index in [4.69, 9.17) is 9.97 Å². The minimum Gasteiger partial charge on any atom is -0.350 e. The second-order valence-corrected chi connectivity index (χ2v) is 9.98. The van der Waals surface area contributed by atoms with Crippen molar-refractivity contribution in [3.05, 3.63) is 101 Å². The van der Waals surface area contributed by atoms with E-state index in [0.29, 0.717) is 12.5 Å². The highest BCUT2D eigenvalue weighted by atomic mass is 15.1. The van der Waals surface area contributed by atoms with Gasteiger partial charge in [-0.2, -0.15) is 0 Å². The first-order valence-corrected chi connectivity index (χ1v) is 12.8. The monoisotopic (exact) mass is 490 g/mol. The number of aromatic nitrogens is 4. The molecule has 5 rings (SSSR count). The van der Waals surface area contributed by atoms with Crippen LogP contribution in [0, 0.1) is 13.8 Å². The second-order valence-electron chi connectivity index (χ2n) is 9.98. The lowest BCUT2D eigenvalue weighted by molar-refractivity contribution is 0.402. The molecule has 37 heavy (non-hydrogen) atoms. The SMILES string of the molecule is CCc1cc(C)cc(CNc2nccc(-c3c(-c4ccc(C)cc4)nc4cc(CN(C)C)ccn34)n2)c1. The standard InChI is InChI=1S/C31H34N6/c1-6-23-15-22(3)16-25(17-23)19-33-31-32-13-11-27(34-31)30-29(26-9-7-21(2)8-10-26)35-28-18-24(20-36(4)5)12-14-37(28)30/h7-18H,6,19-20H2,1-5H3,(H,32,33,34). The van der Waals surface area contributed by atoms with E-state index in [1.54, 1.807) is 0 Å². The van der Waals surface area contributed by atoms with Crippen LogP contribution in [0.3, 0.4) is 0 Å². The zero-order valence-corrected chi connectivity index (χ0v) is 22.3. The normalized spacial score (nSPS) is 11.4.